The molecule has 0 aliphatic heterocycles. The molecule has 0 atom stereocenters. The number of anilines is 1. The number of benzene rings is 2. The molecule has 3 aromatic rings. The van der Waals surface area contributed by atoms with Crippen molar-refractivity contribution >= 4 is 28.9 Å². The molecular formula is C15H12Cl2N4. The standard InChI is InChI=1S/C15H12Cl2N4/c16-12-4-5-15(17)11(6-12)8-18-13-2-1-3-14(7-13)21-9-19-20-10-21/h1-7,9-10,18H,8H2. The van der Waals surface area contributed by atoms with Gasteiger partial charge >= 0.3 is 0 Å². The van der Waals surface area contributed by atoms with Crippen molar-refractivity contribution in [3.63, 3.8) is 0 Å². The molecule has 0 aliphatic carbocycles. The summed E-state index contributed by atoms with van der Waals surface area (Å²) < 4.78 is 1.84. The van der Waals surface area contributed by atoms with Crippen molar-refractivity contribution in [2.24, 2.45) is 0 Å². The van der Waals surface area contributed by atoms with Crippen molar-refractivity contribution in [1.29, 1.82) is 0 Å². The molecule has 1 aromatic heterocycles. The summed E-state index contributed by atoms with van der Waals surface area (Å²) in [6.07, 6.45) is 3.32. The molecule has 0 aliphatic rings. The van der Waals surface area contributed by atoms with Gasteiger partial charge in [-0.1, -0.05) is 29.3 Å². The molecule has 0 fully saturated rings. The predicted molar refractivity (Wildman–Crippen MR) is 85.1 cm³/mol. The van der Waals surface area contributed by atoms with Crippen molar-refractivity contribution in [3.05, 3.63) is 70.7 Å². The van der Waals surface area contributed by atoms with Gasteiger partial charge in [-0.15, -0.1) is 10.2 Å². The van der Waals surface area contributed by atoms with Crippen LogP contribution >= 0.6 is 23.2 Å². The van der Waals surface area contributed by atoms with E-state index in [9.17, 15) is 0 Å². The quantitative estimate of drug-likeness (QED) is 0.784. The summed E-state index contributed by atoms with van der Waals surface area (Å²) in [5.41, 5.74) is 2.93. The van der Waals surface area contributed by atoms with Crippen LogP contribution in [0.5, 0.6) is 0 Å². The van der Waals surface area contributed by atoms with E-state index in [1.54, 1.807) is 24.8 Å². The molecule has 106 valence electrons. The predicted octanol–water partition coefficient (Wildman–Crippen LogP) is 4.19. The highest BCUT2D eigenvalue weighted by molar-refractivity contribution is 6.33. The van der Waals surface area contributed by atoms with E-state index in [1.807, 2.05) is 34.9 Å². The first-order valence-corrected chi connectivity index (χ1v) is 7.11. The maximum absolute atomic E-state index is 6.16. The Labute approximate surface area is 132 Å². The number of aromatic nitrogens is 3. The fourth-order valence-electron chi connectivity index (χ4n) is 1.99. The Morgan fingerprint density at radius 2 is 1.81 bits per heavy atom. The highest BCUT2D eigenvalue weighted by Gasteiger charge is 2.03. The number of hydrogen-bond acceptors (Lipinski definition) is 3. The highest BCUT2D eigenvalue weighted by atomic mass is 35.5. The van der Waals surface area contributed by atoms with Crippen molar-refractivity contribution in [1.82, 2.24) is 14.8 Å². The van der Waals surface area contributed by atoms with Crippen LogP contribution in [-0.2, 0) is 6.54 Å². The van der Waals surface area contributed by atoms with Crippen LogP contribution in [0, 0.1) is 0 Å². The molecule has 1 N–H and O–H groups in total. The summed E-state index contributed by atoms with van der Waals surface area (Å²) in [6, 6.07) is 13.4. The fourth-order valence-corrected chi connectivity index (χ4v) is 2.37. The van der Waals surface area contributed by atoms with Gasteiger partial charge in [0.1, 0.15) is 12.7 Å². The van der Waals surface area contributed by atoms with Gasteiger partial charge in [0.05, 0.1) is 5.69 Å². The summed E-state index contributed by atoms with van der Waals surface area (Å²) >= 11 is 12.1. The lowest BCUT2D eigenvalue weighted by Crippen LogP contribution is -2.01. The first-order valence-electron chi connectivity index (χ1n) is 6.35. The number of hydrogen-bond donors (Lipinski definition) is 1. The molecule has 0 radical (unpaired) electrons. The molecular weight excluding hydrogens is 307 g/mol. The molecule has 0 bridgehead atoms. The lowest BCUT2D eigenvalue weighted by molar-refractivity contribution is 1.05. The average molecular weight is 319 g/mol. The Balaban J connectivity index is 1.76. The van der Waals surface area contributed by atoms with Crippen LogP contribution in [-0.4, -0.2) is 14.8 Å². The van der Waals surface area contributed by atoms with Crippen LogP contribution in [0.2, 0.25) is 10.0 Å². The van der Waals surface area contributed by atoms with Crippen molar-refractivity contribution in [3.8, 4) is 5.69 Å². The molecule has 0 saturated carbocycles. The zero-order valence-corrected chi connectivity index (χ0v) is 12.5. The van der Waals surface area contributed by atoms with Gasteiger partial charge in [0.25, 0.3) is 0 Å². The van der Waals surface area contributed by atoms with E-state index in [0.717, 1.165) is 16.9 Å². The minimum atomic E-state index is 0.602. The van der Waals surface area contributed by atoms with Crippen molar-refractivity contribution < 1.29 is 0 Å². The monoisotopic (exact) mass is 318 g/mol. The maximum Gasteiger partial charge on any atom is 0.123 e. The van der Waals surface area contributed by atoms with E-state index in [2.05, 4.69) is 15.5 Å². The molecule has 6 heteroatoms. The van der Waals surface area contributed by atoms with E-state index >= 15 is 0 Å². The van der Waals surface area contributed by atoms with Crippen molar-refractivity contribution in [2.75, 3.05) is 5.32 Å². The molecule has 0 unspecified atom stereocenters. The zero-order valence-electron chi connectivity index (χ0n) is 11.0. The van der Waals surface area contributed by atoms with E-state index < -0.39 is 0 Å². The molecule has 3 rings (SSSR count). The SMILES string of the molecule is Clc1ccc(Cl)c(CNc2cccc(-n3cnnc3)c2)c1. The summed E-state index contributed by atoms with van der Waals surface area (Å²) in [5.74, 6) is 0. The molecule has 0 amide bonds. The second-order valence-corrected chi connectivity index (χ2v) is 5.35. The zero-order chi connectivity index (χ0) is 14.7. The van der Waals surface area contributed by atoms with Gasteiger partial charge in [0.15, 0.2) is 0 Å². The second-order valence-electron chi connectivity index (χ2n) is 4.51. The Morgan fingerprint density at radius 1 is 1.00 bits per heavy atom. The van der Waals surface area contributed by atoms with Crippen LogP contribution < -0.4 is 5.32 Å². The number of halogens is 2. The van der Waals surface area contributed by atoms with E-state index in [4.69, 9.17) is 23.2 Å². The first-order chi connectivity index (χ1) is 10.2. The normalized spacial score (nSPS) is 10.6. The van der Waals surface area contributed by atoms with Gasteiger partial charge in [-0.3, -0.25) is 4.57 Å². The lowest BCUT2D eigenvalue weighted by Gasteiger charge is -2.10. The molecule has 21 heavy (non-hydrogen) atoms. The van der Waals surface area contributed by atoms with Gasteiger partial charge < -0.3 is 5.32 Å². The molecule has 4 nitrogen and oxygen atoms in total. The molecule has 2 aromatic carbocycles. The van der Waals surface area contributed by atoms with Gasteiger partial charge in [0.2, 0.25) is 0 Å². The summed E-state index contributed by atoms with van der Waals surface area (Å²) in [4.78, 5) is 0. The third-order valence-corrected chi connectivity index (χ3v) is 3.66. The average Bonchev–Trinajstić information content (AvgIpc) is 3.03. The highest BCUT2D eigenvalue weighted by Crippen LogP contribution is 2.22. The van der Waals surface area contributed by atoms with Gasteiger partial charge in [-0.05, 0) is 42.0 Å². The van der Waals surface area contributed by atoms with Gasteiger partial charge in [0, 0.05) is 22.3 Å². The second kappa shape index (κ2) is 6.16. The van der Waals surface area contributed by atoms with Gasteiger partial charge in [-0.25, -0.2) is 0 Å². The van der Waals surface area contributed by atoms with E-state index in [-0.39, 0.29) is 0 Å². The first kappa shape index (κ1) is 13.9. The molecule has 1 heterocycles. The van der Waals surface area contributed by atoms with Crippen LogP contribution in [0.25, 0.3) is 5.69 Å². The van der Waals surface area contributed by atoms with E-state index in [1.165, 1.54) is 0 Å². The smallest absolute Gasteiger partial charge is 0.123 e. The van der Waals surface area contributed by atoms with E-state index in [0.29, 0.717) is 16.6 Å². The Hall–Kier alpha value is -2.04. The third kappa shape index (κ3) is 3.35. The fraction of sp³-hybridized carbons (Fsp3) is 0.0667. The largest absolute Gasteiger partial charge is 0.381 e. The van der Waals surface area contributed by atoms with Crippen LogP contribution in [0.1, 0.15) is 5.56 Å². The van der Waals surface area contributed by atoms with Crippen molar-refractivity contribution in [2.45, 2.75) is 6.54 Å². The van der Waals surface area contributed by atoms with Crippen LogP contribution in [0.4, 0.5) is 5.69 Å². The van der Waals surface area contributed by atoms with Gasteiger partial charge in [-0.2, -0.15) is 0 Å². The van der Waals surface area contributed by atoms with Crippen LogP contribution in [0.15, 0.2) is 55.1 Å². The number of nitrogens with one attached hydrogen (secondary N) is 1. The Kier molecular flexibility index (Phi) is 4.08. The number of rotatable bonds is 4. The summed E-state index contributed by atoms with van der Waals surface area (Å²) in [7, 11) is 0. The topological polar surface area (TPSA) is 42.7 Å². The summed E-state index contributed by atoms with van der Waals surface area (Å²) in [6.45, 7) is 0.602. The number of nitrogens with zero attached hydrogens (tertiary/aromatic N) is 3. The third-order valence-electron chi connectivity index (χ3n) is 3.05. The molecule has 0 saturated heterocycles. The van der Waals surface area contributed by atoms with Crippen LogP contribution in [0.3, 0.4) is 0 Å². The Morgan fingerprint density at radius 3 is 2.62 bits per heavy atom. The maximum atomic E-state index is 6.16. The molecule has 0 spiro atoms. The Bertz CT molecular complexity index is 741. The lowest BCUT2D eigenvalue weighted by atomic mass is 10.2. The minimum absolute atomic E-state index is 0.602. The summed E-state index contributed by atoms with van der Waals surface area (Å²) in [5, 5.41) is 12.3. The minimum Gasteiger partial charge on any atom is -0.381 e.